The number of carbonyl (C=O) groups is 1. The van der Waals surface area contributed by atoms with Crippen LogP contribution in [0.4, 0.5) is 15.8 Å². The van der Waals surface area contributed by atoms with E-state index in [0.29, 0.717) is 29.3 Å². The van der Waals surface area contributed by atoms with E-state index < -0.39 is 0 Å². The minimum absolute atomic E-state index is 0.121. The van der Waals surface area contributed by atoms with Gasteiger partial charge in [0.15, 0.2) is 0 Å². The number of carbonyl (C=O) groups excluding carboxylic acids is 1. The summed E-state index contributed by atoms with van der Waals surface area (Å²) >= 11 is 0. The SMILES string of the molecule is Cc1cc(-c2noc(CCC(=O)Nc3ccc(NCC4CCCC4)cc3)n2)ccc1F. The summed E-state index contributed by atoms with van der Waals surface area (Å²) in [6.07, 6.45) is 5.87. The fraction of sp³-hybridized carbons (Fsp3) is 0.375. The Morgan fingerprint density at radius 1 is 1.13 bits per heavy atom. The molecule has 2 N–H and O–H groups in total. The molecule has 0 unspecified atom stereocenters. The van der Waals surface area contributed by atoms with Gasteiger partial charge in [-0.3, -0.25) is 4.79 Å². The quantitative estimate of drug-likeness (QED) is 0.511. The highest BCUT2D eigenvalue weighted by atomic mass is 19.1. The van der Waals surface area contributed by atoms with Crippen molar-refractivity contribution in [3.8, 4) is 11.4 Å². The second-order valence-electron chi connectivity index (χ2n) is 8.13. The number of nitrogens with zero attached hydrogens (tertiary/aromatic N) is 2. The number of hydrogen-bond acceptors (Lipinski definition) is 5. The summed E-state index contributed by atoms with van der Waals surface area (Å²) in [4.78, 5) is 16.6. The number of hydrogen-bond donors (Lipinski definition) is 2. The predicted octanol–water partition coefficient (Wildman–Crippen LogP) is 5.36. The fourth-order valence-corrected chi connectivity index (χ4v) is 3.85. The van der Waals surface area contributed by atoms with Crippen LogP contribution in [0.25, 0.3) is 11.4 Å². The average molecular weight is 423 g/mol. The van der Waals surface area contributed by atoms with Crippen molar-refractivity contribution in [1.29, 1.82) is 0 Å². The Labute approximate surface area is 181 Å². The van der Waals surface area contributed by atoms with E-state index in [1.807, 2.05) is 24.3 Å². The van der Waals surface area contributed by atoms with Crippen molar-refractivity contribution in [1.82, 2.24) is 10.1 Å². The summed E-state index contributed by atoms with van der Waals surface area (Å²) in [5.41, 5.74) is 3.02. The topological polar surface area (TPSA) is 80.0 Å². The smallest absolute Gasteiger partial charge is 0.227 e. The molecule has 1 amide bonds. The molecule has 1 aliphatic rings. The molecule has 1 fully saturated rings. The van der Waals surface area contributed by atoms with Gasteiger partial charge in [-0.05, 0) is 73.7 Å². The molecule has 1 saturated carbocycles. The maximum atomic E-state index is 13.4. The highest BCUT2D eigenvalue weighted by Gasteiger charge is 2.14. The van der Waals surface area contributed by atoms with Crippen molar-refractivity contribution in [3.05, 3.63) is 59.7 Å². The van der Waals surface area contributed by atoms with Crippen molar-refractivity contribution < 1.29 is 13.7 Å². The van der Waals surface area contributed by atoms with Gasteiger partial charge in [-0.25, -0.2) is 4.39 Å². The Balaban J connectivity index is 1.24. The van der Waals surface area contributed by atoms with Crippen molar-refractivity contribution >= 4 is 17.3 Å². The van der Waals surface area contributed by atoms with Gasteiger partial charge in [0.05, 0.1) is 0 Å². The van der Waals surface area contributed by atoms with Crippen LogP contribution < -0.4 is 10.6 Å². The van der Waals surface area contributed by atoms with Crippen LogP contribution in [0.5, 0.6) is 0 Å². The van der Waals surface area contributed by atoms with Crippen LogP contribution in [-0.4, -0.2) is 22.6 Å². The van der Waals surface area contributed by atoms with Crippen LogP contribution in [0.2, 0.25) is 0 Å². The van der Waals surface area contributed by atoms with Crippen LogP contribution in [0.3, 0.4) is 0 Å². The molecule has 0 spiro atoms. The van der Waals surface area contributed by atoms with Crippen molar-refractivity contribution in [2.75, 3.05) is 17.2 Å². The van der Waals surface area contributed by atoms with Gasteiger partial charge in [0, 0.05) is 36.3 Å². The minimum atomic E-state index is -0.276. The van der Waals surface area contributed by atoms with Gasteiger partial charge in [0.25, 0.3) is 0 Å². The third kappa shape index (κ3) is 5.69. The van der Waals surface area contributed by atoms with Crippen molar-refractivity contribution in [2.45, 2.75) is 45.4 Å². The lowest BCUT2D eigenvalue weighted by Crippen LogP contribution is -2.13. The summed E-state index contributed by atoms with van der Waals surface area (Å²) in [6.45, 7) is 2.69. The van der Waals surface area contributed by atoms with Crippen molar-refractivity contribution in [3.63, 3.8) is 0 Å². The number of aryl methyl sites for hydroxylation is 2. The molecular weight excluding hydrogens is 395 g/mol. The van der Waals surface area contributed by atoms with Gasteiger partial charge in [-0.1, -0.05) is 18.0 Å². The first-order chi connectivity index (χ1) is 15.1. The maximum Gasteiger partial charge on any atom is 0.227 e. The van der Waals surface area contributed by atoms with E-state index >= 15 is 0 Å². The zero-order valence-corrected chi connectivity index (χ0v) is 17.7. The lowest BCUT2D eigenvalue weighted by molar-refractivity contribution is -0.116. The molecule has 162 valence electrons. The number of halogens is 1. The second kappa shape index (κ2) is 9.73. The third-order valence-electron chi connectivity index (χ3n) is 5.69. The molecule has 31 heavy (non-hydrogen) atoms. The standard InChI is InChI=1S/C24H27FN4O2/c1-16-14-18(6-11-21(16)25)24-28-23(31-29-24)13-12-22(30)27-20-9-7-19(8-10-20)26-15-17-4-2-3-5-17/h6-11,14,17,26H,2-5,12-13,15H2,1H3,(H,27,30). The number of amides is 1. The predicted molar refractivity (Wildman–Crippen MR) is 118 cm³/mol. The Bertz CT molecular complexity index is 1030. The van der Waals surface area contributed by atoms with Gasteiger partial charge in [-0.2, -0.15) is 4.98 Å². The highest BCUT2D eigenvalue weighted by molar-refractivity contribution is 5.90. The minimum Gasteiger partial charge on any atom is -0.385 e. The van der Waals surface area contributed by atoms with E-state index in [1.165, 1.54) is 31.7 Å². The number of rotatable bonds is 8. The normalized spacial score (nSPS) is 14.0. The molecule has 0 aliphatic heterocycles. The maximum absolute atomic E-state index is 13.4. The van der Waals surface area contributed by atoms with Gasteiger partial charge in [0.2, 0.25) is 17.6 Å². The van der Waals surface area contributed by atoms with Crippen LogP contribution in [-0.2, 0) is 11.2 Å². The lowest BCUT2D eigenvalue weighted by atomic mass is 10.1. The van der Waals surface area contributed by atoms with E-state index in [9.17, 15) is 9.18 Å². The lowest BCUT2D eigenvalue weighted by Gasteiger charge is -2.12. The molecule has 7 heteroatoms. The molecule has 1 aromatic heterocycles. The van der Waals surface area contributed by atoms with Gasteiger partial charge < -0.3 is 15.2 Å². The highest BCUT2D eigenvalue weighted by Crippen LogP contribution is 2.25. The van der Waals surface area contributed by atoms with Crippen LogP contribution in [0.1, 0.15) is 43.6 Å². The van der Waals surface area contributed by atoms with Crippen molar-refractivity contribution in [2.24, 2.45) is 5.92 Å². The third-order valence-corrected chi connectivity index (χ3v) is 5.69. The molecule has 0 saturated heterocycles. The Morgan fingerprint density at radius 2 is 1.87 bits per heavy atom. The summed E-state index contributed by atoms with van der Waals surface area (Å²) in [5.74, 6) is 1.14. The van der Waals surface area contributed by atoms with E-state index in [1.54, 1.807) is 19.1 Å². The zero-order chi connectivity index (χ0) is 21.6. The molecule has 4 rings (SSSR count). The largest absolute Gasteiger partial charge is 0.385 e. The van der Waals surface area contributed by atoms with E-state index in [4.69, 9.17) is 4.52 Å². The first-order valence-electron chi connectivity index (χ1n) is 10.8. The van der Waals surface area contributed by atoms with E-state index in [-0.39, 0.29) is 18.1 Å². The molecule has 0 bridgehead atoms. The molecule has 0 radical (unpaired) electrons. The summed E-state index contributed by atoms with van der Waals surface area (Å²) in [5, 5.41) is 10.3. The molecule has 0 atom stereocenters. The van der Waals surface area contributed by atoms with Gasteiger partial charge in [-0.15, -0.1) is 0 Å². The first-order valence-corrected chi connectivity index (χ1v) is 10.8. The molecular formula is C24H27FN4O2. The van der Waals surface area contributed by atoms with Crippen LogP contribution in [0.15, 0.2) is 47.0 Å². The van der Waals surface area contributed by atoms with Crippen LogP contribution >= 0.6 is 0 Å². The van der Waals surface area contributed by atoms with Gasteiger partial charge in [0.1, 0.15) is 5.82 Å². The average Bonchev–Trinajstić information content (AvgIpc) is 3.46. The fourth-order valence-electron chi connectivity index (χ4n) is 3.85. The summed E-state index contributed by atoms with van der Waals surface area (Å²) < 4.78 is 18.7. The van der Waals surface area contributed by atoms with Crippen LogP contribution in [0, 0.1) is 18.7 Å². The number of aromatic nitrogens is 2. The van der Waals surface area contributed by atoms with E-state index in [2.05, 4.69) is 20.8 Å². The second-order valence-corrected chi connectivity index (χ2v) is 8.13. The molecule has 2 aromatic carbocycles. The first kappa shape index (κ1) is 21.0. The monoisotopic (exact) mass is 422 g/mol. The summed E-state index contributed by atoms with van der Waals surface area (Å²) in [6, 6.07) is 12.4. The Hall–Kier alpha value is -3.22. The Morgan fingerprint density at radius 3 is 2.61 bits per heavy atom. The van der Waals surface area contributed by atoms with Gasteiger partial charge >= 0.3 is 0 Å². The molecule has 1 aliphatic carbocycles. The zero-order valence-electron chi connectivity index (χ0n) is 17.7. The molecule has 1 heterocycles. The Kier molecular flexibility index (Phi) is 6.60. The molecule has 3 aromatic rings. The number of nitrogens with one attached hydrogen (secondary N) is 2. The number of benzene rings is 2. The van der Waals surface area contributed by atoms with E-state index in [0.717, 1.165) is 23.8 Å². The summed E-state index contributed by atoms with van der Waals surface area (Å²) in [7, 11) is 0. The number of anilines is 2. The molecule has 6 nitrogen and oxygen atoms in total.